The van der Waals surface area contributed by atoms with Gasteiger partial charge in [-0.15, -0.1) is 0 Å². The molecule has 0 bridgehead atoms. The van der Waals surface area contributed by atoms with Gasteiger partial charge >= 0.3 is 18.3 Å². The van der Waals surface area contributed by atoms with Crippen LogP contribution in [-0.2, 0) is 29.2 Å². The summed E-state index contributed by atoms with van der Waals surface area (Å²) >= 11 is 0. The number of nitrogens with one attached hydrogen (secondary N) is 1. The number of pyridine rings is 2. The average Bonchev–Trinajstić information content (AvgIpc) is 3.53. The standard InChI is InChI=1S/C32H29F8N5O4/c1-16-12-20(31(35,36)37)25(29(47)43(16)2)19-8-7-17(45-11-9-41-27(19)45)15-23(30(48)49-3)42-28(46)26-21(33)13-18(14-22(26)34)44-10-5-4-6-24(44)32(38,39)40/h7-9,11-14,23-24H,4-6,10,15H2,1-3H3,(H,42,46)/t23-,24+/m0/s1. The number of hydrogen-bond acceptors (Lipinski definition) is 6. The van der Waals surface area contributed by atoms with E-state index in [1.165, 1.54) is 42.9 Å². The number of rotatable bonds is 7. The van der Waals surface area contributed by atoms with E-state index >= 15 is 8.78 Å². The van der Waals surface area contributed by atoms with Crippen LogP contribution in [0.15, 0.2) is 47.5 Å². The first-order valence-corrected chi connectivity index (χ1v) is 14.9. The third-order valence-electron chi connectivity index (χ3n) is 8.55. The van der Waals surface area contributed by atoms with E-state index in [9.17, 15) is 40.7 Å². The van der Waals surface area contributed by atoms with Gasteiger partial charge in [-0.3, -0.25) is 9.59 Å². The highest BCUT2D eigenvalue weighted by molar-refractivity contribution is 5.97. The Morgan fingerprint density at radius 2 is 1.73 bits per heavy atom. The van der Waals surface area contributed by atoms with Crippen LogP contribution in [0.5, 0.6) is 0 Å². The molecule has 1 aliphatic heterocycles. The number of methoxy groups -OCH3 is 1. The number of halogens is 8. The molecule has 0 spiro atoms. The number of piperidine rings is 1. The van der Waals surface area contributed by atoms with Crippen LogP contribution in [0.3, 0.4) is 0 Å². The summed E-state index contributed by atoms with van der Waals surface area (Å²) in [5.41, 5.74) is -4.39. The minimum atomic E-state index is -4.90. The Balaban J connectivity index is 1.48. The van der Waals surface area contributed by atoms with Crippen LogP contribution >= 0.6 is 0 Å². The smallest absolute Gasteiger partial charge is 0.417 e. The number of imidazole rings is 1. The fourth-order valence-corrected chi connectivity index (χ4v) is 6.03. The summed E-state index contributed by atoms with van der Waals surface area (Å²) in [7, 11) is 2.29. The van der Waals surface area contributed by atoms with E-state index in [4.69, 9.17) is 4.74 Å². The Morgan fingerprint density at radius 3 is 2.35 bits per heavy atom. The van der Waals surface area contributed by atoms with Gasteiger partial charge in [-0.25, -0.2) is 18.6 Å². The second-order valence-corrected chi connectivity index (χ2v) is 11.6. The van der Waals surface area contributed by atoms with Crippen LogP contribution in [0, 0.1) is 18.6 Å². The van der Waals surface area contributed by atoms with Crippen molar-refractivity contribution in [2.75, 3.05) is 18.6 Å². The molecule has 2 atom stereocenters. The van der Waals surface area contributed by atoms with Gasteiger partial charge in [0.1, 0.15) is 34.9 Å². The van der Waals surface area contributed by atoms with Gasteiger partial charge in [0.2, 0.25) is 0 Å². The molecule has 5 rings (SSSR count). The van der Waals surface area contributed by atoms with E-state index < -0.39 is 82.3 Å². The highest BCUT2D eigenvalue weighted by Gasteiger charge is 2.45. The lowest BCUT2D eigenvalue weighted by Crippen LogP contribution is -2.49. The molecular weight excluding hydrogens is 670 g/mol. The zero-order valence-electron chi connectivity index (χ0n) is 26.2. The molecule has 0 saturated carbocycles. The Bertz CT molecular complexity index is 1960. The van der Waals surface area contributed by atoms with Gasteiger partial charge in [0.25, 0.3) is 11.5 Å². The molecule has 49 heavy (non-hydrogen) atoms. The lowest BCUT2D eigenvalue weighted by atomic mass is 9.99. The number of fused-ring (bicyclic) bond motifs is 1. The van der Waals surface area contributed by atoms with Crippen molar-refractivity contribution in [1.29, 1.82) is 0 Å². The van der Waals surface area contributed by atoms with Crippen molar-refractivity contribution in [3.8, 4) is 11.1 Å². The van der Waals surface area contributed by atoms with Gasteiger partial charge in [0.05, 0.1) is 18.2 Å². The normalized spacial score (nSPS) is 16.1. The molecule has 1 N–H and O–H groups in total. The van der Waals surface area contributed by atoms with Gasteiger partial charge in [-0.1, -0.05) is 0 Å². The predicted octanol–water partition coefficient (Wildman–Crippen LogP) is 5.74. The summed E-state index contributed by atoms with van der Waals surface area (Å²) in [5.74, 6) is -5.41. The molecule has 0 aliphatic carbocycles. The minimum Gasteiger partial charge on any atom is -0.467 e. The number of ether oxygens (including phenoxy) is 1. The van der Waals surface area contributed by atoms with Gasteiger partial charge in [0.15, 0.2) is 0 Å². The highest BCUT2D eigenvalue weighted by atomic mass is 19.4. The molecule has 1 saturated heterocycles. The summed E-state index contributed by atoms with van der Waals surface area (Å²) in [6.07, 6.45) is -7.05. The molecule has 17 heteroatoms. The third-order valence-corrected chi connectivity index (χ3v) is 8.55. The SMILES string of the molecule is COC(=O)[C@H](Cc1ccc(-c2c(C(F)(F)F)cc(C)n(C)c2=O)c2nccn12)NC(=O)c1c(F)cc(N2CCCC[C@@H]2C(F)(F)F)cc1F. The van der Waals surface area contributed by atoms with Crippen molar-refractivity contribution in [2.24, 2.45) is 7.05 Å². The summed E-state index contributed by atoms with van der Waals surface area (Å²) in [4.78, 5) is 43.9. The quantitative estimate of drug-likeness (QED) is 0.195. The zero-order valence-corrected chi connectivity index (χ0v) is 26.2. The Morgan fingerprint density at radius 1 is 1.06 bits per heavy atom. The Labute approximate surface area is 273 Å². The first-order valence-electron chi connectivity index (χ1n) is 14.9. The third kappa shape index (κ3) is 6.83. The van der Waals surface area contributed by atoms with E-state index in [-0.39, 0.29) is 42.0 Å². The van der Waals surface area contributed by atoms with Gasteiger partial charge < -0.3 is 23.9 Å². The molecule has 1 aliphatic rings. The highest BCUT2D eigenvalue weighted by Crippen LogP contribution is 2.38. The van der Waals surface area contributed by atoms with Crippen LogP contribution in [0.4, 0.5) is 40.8 Å². The molecule has 1 aromatic carbocycles. The summed E-state index contributed by atoms with van der Waals surface area (Å²) in [5, 5.41) is 2.18. The van der Waals surface area contributed by atoms with Crippen LogP contribution < -0.4 is 15.8 Å². The molecule has 3 aromatic heterocycles. The number of anilines is 1. The number of aromatic nitrogens is 3. The molecule has 4 aromatic rings. The first-order chi connectivity index (χ1) is 22.9. The number of nitrogens with zero attached hydrogens (tertiary/aromatic N) is 4. The number of amides is 1. The maximum atomic E-state index is 15.2. The molecule has 1 fully saturated rings. The number of alkyl halides is 6. The number of aryl methyl sites for hydroxylation is 1. The van der Waals surface area contributed by atoms with Crippen LogP contribution in [0.1, 0.15) is 46.6 Å². The van der Waals surface area contributed by atoms with Crippen molar-refractivity contribution in [3.63, 3.8) is 0 Å². The average molecular weight is 700 g/mol. The Hall–Kier alpha value is -4.96. The van der Waals surface area contributed by atoms with Gasteiger partial charge in [-0.05, 0) is 56.5 Å². The largest absolute Gasteiger partial charge is 0.467 e. The van der Waals surface area contributed by atoms with Gasteiger partial charge in [-0.2, -0.15) is 26.3 Å². The molecule has 262 valence electrons. The second-order valence-electron chi connectivity index (χ2n) is 11.6. The maximum absolute atomic E-state index is 15.2. The number of carbonyl (C=O) groups is 2. The first kappa shape index (κ1) is 35.3. The van der Waals surface area contributed by atoms with Crippen LogP contribution in [0.25, 0.3) is 16.8 Å². The van der Waals surface area contributed by atoms with E-state index in [2.05, 4.69) is 10.3 Å². The predicted molar refractivity (Wildman–Crippen MR) is 160 cm³/mol. The van der Waals surface area contributed by atoms with Crippen molar-refractivity contribution in [3.05, 3.63) is 87.2 Å². The summed E-state index contributed by atoms with van der Waals surface area (Å²) in [6, 6.07) is 0.977. The van der Waals surface area contributed by atoms with Crippen molar-refractivity contribution in [2.45, 2.75) is 57.0 Å². The van der Waals surface area contributed by atoms with Crippen LogP contribution in [-0.4, -0.2) is 57.7 Å². The number of benzene rings is 1. The van der Waals surface area contributed by atoms with Gasteiger partial charge in [0, 0.05) is 55.0 Å². The molecule has 9 nitrogen and oxygen atoms in total. The van der Waals surface area contributed by atoms with Crippen molar-refractivity contribution < 1.29 is 49.4 Å². The summed E-state index contributed by atoms with van der Waals surface area (Å²) < 4.78 is 121. The molecule has 4 heterocycles. The molecular formula is C32H29F8N5O4. The minimum absolute atomic E-state index is 0.0632. The van der Waals surface area contributed by atoms with E-state index in [1.807, 2.05) is 0 Å². The number of carbonyl (C=O) groups excluding carboxylic acids is 2. The summed E-state index contributed by atoms with van der Waals surface area (Å²) in [6.45, 7) is 1.23. The van der Waals surface area contributed by atoms with Crippen LogP contribution in [0.2, 0.25) is 0 Å². The Kier molecular flexibility index (Phi) is 9.49. The zero-order chi connectivity index (χ0) is 36.0. The maximum Gasteiger partial charge on any atom is 0.417 e. The molecule has 0 unspecified atom stereocenters. The van der Waals surface area contributed by atoms with Crippen molar-refractivity contribution >= 4 is 23.2 Å². The fraction of sp³-hybridized carbons (Fsp3) is 0.375. The monoisotopic (exact) mass is 699 g/mol. The second kappa shape index (κ2) is 13.2. The topological polar surface area (TPSA) is 97.9 Å². The lowest BCUT2D eigenvalue weighted by Gasteiger charge is -2.38. The van der Waals surface area contributed by atoms with E-state index in [0.29, 0.717) is 18.6 Å². The number of hydrogen-bond donors (Lipinski definition) is 1. The molecule has 1 amide bonds. The number of esters is 1. The van der Waals surface area contributed by atoms with Crippen molar-refractivity contribution in [1.82, 2.24) is 19.3 Å². The van der Waals surface area contributed by atoms with E-state index in [1.54, 1.807) is 0 Å². The van der Waals surface area contributed by atoms with E-state index in [0.717, 1.165) is 22.6 Å². The lowest BCUT2D eigenvalue weighted by molar-refractivity contribution is -0.152. The fourth-order valence-electron chi connectivity index (χ4n) is 6.03. The molecule has 0 radical (unpaired) electrons.